The molecule has 1 heterocycles. The predicted molar refractivity (Wildman–Crippen MR) is 86.8 cm³/mol. The van der Waals surface area contributed by atoms with Gasteiger partial charge in [0.05, 0.1) is 11.6 Å². The Balaban J connectivity index is 1.57. The Bertz CT molecular complexity index is 635. The van der Waals surface area contributed by atoms with E-state index in [4.69, 9.17) is 10.00 Å². The van der Waals surface area contributed by atoms with E-state index in [9.17, 15) is 0 Å². The quantitative estimate of drug-likeness (QED) is 0.936. The van der Waals surface area contributed by atoms with Crippen molar-refractivity contribution in [2.24, 2.45) is 0 Å². The second-order valence-corrected chi connectivity index (χ2v) is 5.71. The van der Waals surface area contributed by atoms with E-state index in [0.29, 0.717) is 18.1 Å². The van der Waals surface area contributed by atoms with Gasteiger partial charge in [0.2, 0.25) is 0 Å². The van der Waals surface area contributed by atoms with Crippen LogP contribution in [0.3, 0.4) is 0 Å². The zero-order valence-corrected chi connectivity index (χ0v) is 12.6. The molecule has 0 aromatic heterocycles. The molecule has 0 amide bonds. The molecule has 0 radical (unpaired) electrons. The van der Waals surface area contributed by atoms with E-state index in [1.54, 1.807) is 0 Å². The van der Waals surface area contributed by atoms with E-state index in [1.807, 2.05) is 36.4 Å². The van der Waals surface area contributed by atoms with Crippen LogP contribution in [0.15, 0.2) is 48.5 Å². The summed E-state index contributed by atoms with van der Waals surface area (Å²) in [7, 11) is 0. The summed E-state index contributed by atoms with van der Waals surface area (Å²) in [5.74, 6) is 1.51. The van der Waals surface area contributed by atoms with Crippen molar-refractivity contribution in [3.05, 3.63) is 65.2 Å². The minimum atomic E-state index is 0.524. The number of benzene rings is 2. The highest BCUT2D eigenvalue weighted by molar-refractivity contribution is 5.33. The van der Waals surface area contributed by atoms with Crippen LogP contribution in [0.1, 0.15) is 35.4 Å². The fourth-order valence-corrected chi connectivity index (χ4v) is 2.81. The monoisotopic (exact) mass is 292 g/mol. The molecule has 3 rings (SSSR count). The van der Waals surface area contributed by atoms with Gasteiger partial charge in [-0.3, -0.25) is 0 Å². The molecule has 1 fully saturated rings. The summed E-state index contributed by atoms with van der Waals surface area (Å²) in [4.78, 5) is 0. The van der Waals surface area contributed by atoms with Crippen molar-refractivity contribution in [3.8, 4) is 11.8 Å². The summed E-state index contributed by atoms with van der Waals surface area (Å²) >= 11 is 0. The Morgan fingerprint density at radius 2 is 1.86 bits per heavy atom. The molecular formula is C19H20N2O. The van der Waals surface area contributed by atoms with Gasteiger partial charge in [0.1, 0.15) is 12.4 Å². The van der Waals surface area contributed by atoms with Crippen LogP contribution in [-0.4, -0.2) is 13.1 Å². The number of hydrogen-bond acceptors (Lipinski definition) is 3. The molecule has 1 aliphatic rings. The average Bonchev–Trinajstić information content (AvgIpc) is 2.61. The van der Waals surface area contributed by atoms with E-state index < -0.39 is 0 Å². The molecule has 22 heavy (non-hydrogen) atoms. The molecule has 0 spiro atoms. The molecule has 2 aromatic rings. The SMILES string of the molecule is N#Cc1ccc(COc2ccc(C3CCCNC3)cc2)cc1. The lowest BCUT2D eigenvalue weighted by atomic mass is 9.92. The first-order valence-electron chi connectivity index (χ1n) is 7.77. The Kier molecular flexibility index (Phi) is 4.72. The van der Waals surface area contributed by atoms with E-state index in [2.05, 4.69) is 23.5 Å². The molecule has 112 valence electrons. The molecule has 0 aliphatic carbocycles. The summed E-state index contributed by atoms with van der Waals surface area (Å²) in [6.45, 7) is 2.74. The third-order valence-electron chi connectivity index (χ3n) is 4.14. The molecule has 0 saturated carbocycles. The number of nitrogens with zero attached hydrogens (tertiary/aromatic N) is 1. The molecule has 1 N–H and O–H groups in total. The van der Waals surface area contributed by atoms with E-state index >= 15 is 0 Å². The summed E-state index contributed by atoms with van der Waals surface area (Å²) in [5.41, 5.74) is 3.13. The fraction of sp³-hybridized carbons (Fsp3) is 0.316. The first kappa shape index (κ1) is 14.6. The Labute approximate surface area is 131 Å². The van der Waals surface area contributed by atoms with E-state index in [1.165, 1.54) is 18.4 Å². The zero-order valence-electron chi connectivity index (χ0n) is 12.6. The number of nitrogens with one attached hydrogen (secondary N) is 1. The van der Waals surface area contributed by atoms with Crippen LogP contribution in [-0.2, 0) is 6.61 Å². The summed E-state index contributed by atoms with van der Waals surface area (Å²) < 4.78 is 5.81. The third-order valence-corrected chi connectivity index (χ3v) is 4.14. The van der Waals surface area contributed by atoms with Crippen LogP contribution < -0.4 is 10.1 Å². The maximum absolute atomic E-state index is 8.78. The Morgan fingerprint density at radius 1 is 1.09 bits per heavy atom. The highest BCUT2D eigenvalue weighted by atomic mass is 16.5. The van der Waals surface area contributed by atoms with Crippen molar-refractivity contribution < 1.29 is 4.74 Å². The minimum Gasteiger partial charge on any atom is -0.489 e. The van der Waals surface area contributed by atoms with Crippen molar-refractivity contribution in [3.63, 3.8) is 0 Å². The van der Waals surface area contributed by atoms with Gasteiger partial charge >= 0.3 is 0 Å². The molecule has 3 nitrogen and oxygen atoms in total. The second kappa shape index (κ2) is 7.11. The highest BCUT2D eigenvalue weighted by Gasteiger charge is 2.14. The maximum atomic E-state index is 8.78. The van der Waals surface area contributed by atoms with Crippen LogP contribution in [0.4, 0.5) is 0 Å². The lowest BCUT2D eigenvalue weighted by Crippen LogP contribution is -2.28. The van der Waals surface area contributed by atoms with Gasteiger partial charge in [0.25, 0.3) is 0 Å². The van der Waals surface area contributed by atoms with Gasteiger partial charge in [-0.15, -0.1) is 0 Å². The number of nitriles is 1. The third kappa shape index (κ3) is 3.66. The lowest BCUT2D eigenvalue weighted by Gasteiger charge is -2.23. The number of rotatable bonds is 4. The maximum Gasteiger partial charge on any atom is 0.119 e. The van der Waals surface area contributed by atoms with Crippen molar-refractivity contribution in [2.75, 3.05) is 13.1 Å². The summed E-state index contributed by atoms with van der Waals surface area (Å²) in [5, 5.41) is 12.2. The average molecular weight is 292 g/mol. The Morgan fingerprint density at radius 3 is 2.50 bits per heavy atom. The number of piperidine rings is 1. The lowest BCUT2D eigenvalue weighted by molar-refractivity contribution is 0.306. The smallest absolute Gasteiger partial charge is 0.119 e. The first-order valence-corrected chi connectivity index (χ1v) is 7.77. The van der Waals surface area contributed by atoms with Crippen molar-refractivity contribution in [1.29, 1.82) is 5.26 Å². The number of hydrogen-bond donors (Lipinski definition) is 1. The van der Waals surface area contributed by atoms with Crippen LogP contribution >= 0.6 is 0 Å². The fourth-order valence-electron chi connectivity index (χ4n) is 2.81. The zero-order chi connectivity index (χ0) is 15.2. The van der Waals surface area contributed by atoms with Crippen molar-refractivity contribution in [1.82, 2.24) is 5.32 Å². The van der Waals surface area contributed by atoms with E-state index in [-0.39, 0.29) is 0 Å². The molecule has 3 heteroatoms. The largest absolute Gasteiger partial charge is 0.489 e. The normalized spacial score (nSPS) is 17.7. The van der Waals surface area contributed by atoms with Gasteiger partial charge in [-0.05, 0) is 60.7 Å². The van der Waals surface area contributed by atoms with Crippen molar-refractivity contribution in [2.45, 2.75) is 25.4 Å². The predicted octanol–water partition coefficient (Wildman–Crippen LogP) is 3.60. The molecular weight excluding hydrogens is 272 g/mol. The second-order valence-electron chi connectivity index (χ2n) is 5.71. The van der Waals surface area contributed by atoms with E-state index in [0.717, 1.165) is 24.4 Å². The molecule has 1 saturated heterocycles. The molecule has 2 aromatic carbocycles. The van der Waals surface area contributed by atoms with Crippen LogP contribution in [0.25, 0.3) is 0 Å². The topological polar surface area (TPSA) is 45.0 Å². The molecule has 1 unspecified atom stereocenters. The standard InChI is InChI=1S/C19H20N2O/c20-12-15-3-5-16(6-4-15)14-22-19-9-7-17(8-10-19)18-2-1-11-21-13-18/h3-10,18,21H,1-2,11,13-14H2. The van der Waals surface area contributed by atoms with Crippen molar-refractivity contribution >= 4 is 0 Å². The van der Waals surface area contributed by atoms with Gasteiger partial charge in [-0.2, -0.15) is 5.26 Å². The number of ether oxygens (including phenoxy) is 1. The molecule has 1 aliphatic heterocycles. The first-order chi connectivity index (χ1) is 10.8. The Hall–Kier alpha value is -2.31. The molecule has 1 atom stereocenters. The van der Waals surface area contributed by atoms with Crippen LogP contribution in [0, 0.1) is 11.3 Å². The molecule has 0 bridgehead atoms. The van der Waals surface area contributed by atoms with Gasteiger partial charge in [0.15, 0.2) is 0 Å². The van der Waals surface area contributed by atoms with Gasteiger partial charge in [-0.1, -0.05) is 24.3 Å². The van der Waals surface area contributed by atoms with Gasteiger partial charge in [0, 0.05) is 6.54 Å². The summed E-state index contributed by atoms with van der Waals surface area (Å²) in [6, 6.07) is 18.1. The van der Waals surface area contributed by atoms with Crippen LogP contribution in [0.5, 0.6) is 5.75 Å². The van der Waals surface area contributed by atoms with Gasteiger partial charge < -0.3 is 10.1 Å². The van der Waals surface area contributed by atoms with Crippen LogP contribution in [0.2, 0.25) is 0 Å². The minimum absolute atomic E-state index is 0.524. The highest BCUT2D eigenvalue weighted by Crippen LogP contribution is 2.25. The summed E-state index contributed by atoms with van der Waals surface area (Å²) in [6.07, 6.45) is 2.51. The van der Waals surface area contributed by atoms with Gasteiger partial charge in [-0.25, -0.2) is 0 Å².